The van der Waals surface area contributed by atoms with Gasteiger partial charge in [0.1, 0.15) is 0 Å². The molecule has 144 valence electrons. The van der Waals surface area contributed by atoms with Crippen LogP contribution in [0.4, 0.5) is 0 Å². The van der Waals surface area contributed by atoms with Crippen molar-refractivity contribution >= 4 is 18.1 Å². The molecule has 1 fully saturated rings. The van der Waals surface area contributed by atoms with Gasteiger partial charge in [0.2, 0.25) is 0 Å². The SMILES string of the molecule is NC(=O)C1=C(C(=O)OCCCc2ccccc2)N(C2CCCCC2)CC=N1. The lowest BCUT2D eigenvalue weighted by molar-refractivity contribution is -0.141. The molecule has 1 amide bonds. The average Bonchev–Trinajstić information content (AvgIpc) is 2.72. The molecule has 1 aliphatic carbocycles. The Bertz CT molecular complexity index is 721. The van der Waals surface area contributed by atoms with Crippen LogP contribution in [-0.4, -0.2) is 42.2 Å². The van der Waals surface area contributed by atoms with Crippen molar-refractivity contribution in [3.63, 3.8) is 0 Å². The van der Waals surface area contributed by atoms with Crippen molar-refractivity contribution < 1.29 is 14.3 Å². The van der Waals surface area contributed by atoms with Gasteiger partial charge in [-0.3, -0.25) is 9.79 Å². The minimum absolute atomic E-state index is 0.0138. The summed E-state index contributed by atoms with van der Waals surface area (Å²) in [7, 11) is 0. The summed E-state index contributed by atoms with van der Waals surface area (Å²) in [6.07, 6.45) is 8.69. The number of carbonyl (C=O) groups is 2. The van der Waals surface area contributed by atoms with Crippen LogP contribution in [-0.2, 0) is 20.7 Å². The van der Waals surface area contributed by atoms with Crippen LogP contribution < -0.4 is 5.73 Å². The summed E-state index contributed by atoms with van der Waals surface area (Å²) in [6, 6.07) is 10.3. The van der Waals surface area contributed by atoms with Crippen LogP contribution in [0.25, 0.3) is 0 Å². The second kappa shape index (κ2) is 9.35. The van der Waals surface area contributed by atoms with Crippen LogP contribution in [0.3, 0.4) is 0 Å². The Morgan fingerprint density at radius 3 is 2.59 bits per heavy atom. The summed E-state index contributed by atoms with van der Waals surface area (Å²) >= 11 is 0. The first-order valence-electron chi connectivity index (χ1n) is 9.71. The third-order valence-electron chi connectivity index (χ3n) is 5.14. The normalized spacial score (nSPS) is 17.9. The highest BCUT2D eigenvalue weighted by atomic mass is 16.5. The van der Waals surface area contributed by atoms with Crippen LogP contribution in [0, 0.1) is 0 Å². The quantitative estimate of drug-likeness (QED) is 0.591. The molecule has 6 heteroatoms. The molecule has 1 saturated carbocycles. The van der Waals surface area contributed by atoms with Gasteiger partial charge in [-0.05, 0) is 31.2 Å². The number of nitrogens with zero attached hydrogens (tertiary/aromatic N) is 2. The summed E-state index contributed by atoms with van der Waals surface area (Å²) in [5.74, 6) is -1.19. The zero-order valence-electron chi connectivity index (χ0n) is 15.6. The third kappa shape index (κ3) is 4.96. The number of aryl methyl sites for hydroxylation is 1. The van der Waals surface area contributed by atoms with Crippen molar-refractivity contribution in [3.8, 4) is 0 Å². The molecule has 27 heavy (non-hydrogen) atoms. The fraction of sp³-hybridized carbons (Fsp3) is 0.476. The number of nitrogens with two attached hydrogens (primary N) is 1. The predicted octanol–water partition coefficient (Wildman–Crippen LogP) is 2.58. The highest BCUT2D eigenvalue weighted by molar-refractivity contribution is 6.03. The Balaban J connectivity index is 1.65. The number of amides is 1. The van der Waals surface area contributed by atoms with Crippen molar-refractivity contribution in [2.24, 2.45) is 10.7 Å². The molecule has 1 heterocycles. The fourth-order valence-corrected chi connectivity index (χ4v) is 3.78. The van der Waals surface area contributed by atoms with E-state index < -0.39 is 11.9 Å². The molecule has 3 rings (SSSR count). The monoisotopic (exact) mass is 369 g/mol. The Morgan fingerprint density at radius 1 is 1.15 bits per heavy atom. The van der Waals surface area contributed by atoms with E-state index in [-0.39, 0.29) is 17.4 Å². The highest BCUT2D eigenvalue weighted by Gasteiger charge is 2.33. The van der Waals surface area contributed by atoms with Gasteiger partial charge in [-0.1, -0.05) is 49.6 Å². The molecule has 0 bridgehead atoms. The molecule has 1 aliphatic heterocycles. The molecule has 1 aromatic carbocycles. The molecule has 2 aliphatic rings. The topological polar surface area (TPSA) is 85.0 Å². The standard InChI is InChI=1S/C21H27N3O3/c22-20(25)18-19(24(14-13-23-18)17-11-5-2-6-12-17)21(26)27-15-7-10-16-8-3-1-4-9-16/h1,3-4,8-9,13,17H,2,5-7,10-12,14-15H2,(H2,22,25). The Morgan fingerprint density at radius 2 is 1.89 bits per heavy atom. The first kappa shape index (κ1) is 19.1. The minimum Gasteiger partial charge on any atom is -0.461 e. The van der Waals surface area contributed by atoms with Gasteiger partial charge in [0, 0.05) is 12.3 Å². The van der Waals surface area contributed by atoms with Crippen molar-refractivity contribution in [2.45, 2.75) is 51.0 Å². The summed E-state index contributed by atoms with van der Waals surface area (Å²) in [5.41, 5.74) is 6.93. The largest absolute Gasteiger partial charge is 0.461 e. The smallest absolute Gasteiger partial charge is 0.357 e. The number of esters is 1. The van der Waals surface area contributed by atoms with Crippen molar-refractivity contribution in [1.29, 1.82) is 0 Å². The van der Waals surface area contributed by atoms with Gasteiger partial charge in [-0.25, -0.2) is 4.79 Å². The van der Waals surface area contributed by atoms with Crippen molar-refractivity contribution in [2.75, 3.05) is 13.2 Å². The van der Waals surface area contributed by atoms with E-state index in [1.165, 1.54) is 12.0 Å². The van der Waals surface area contributed by atoms with Crippen LogP contribution in [0.15, 0.2) is 46.7 Å². The van der Waals surface area contributed by atoms with E-state index in [9.17, 15) is 9.59 Å². The highest BCUT2D eigenvalue weighted by Crippen LogP contribution is 2.28. The number of benzene rings is 1. The van der Waals surface area contributed by atoms with E-state index in [1.54, 1.807) is 6.21 Å². The van der Waals surface area contributed by atoms with E-state index in [1.807, 2.05) is 23.1 Å². The number of aliphatic imine (C=N–C) groups is 1. The molecular formula is C21H27N3O3. The molecule has 0 atom stereocenters. The van der Waals surface area contributed by atoms with Crippen molar-refractivity contribution in [3.05, 3.63) is 47.3 Å². The zero-order chi connectivity index (χ0) is 19.1. The molecule has 1 aromatic rings. The second-order valence-electron chi connectivity index (χ2n) is 7.04. The van der Waals surface area contributed by atoms with Gasteiger partial charge in [0.05, 0.1) is 13.2 Å². The van der Waals surface area contributed by atoms with E-state index in [2.05, 4.69) is 17.1 Å². The molecular weight excluding hydrogens is 342 g/mol. The first-order valence-corrected chi connectivity index (χ1v) is 9.71. The van der Waals surface area contributed by atoms with Crippen LogP contribution in [0.5, 0.6) is 0 Å². The molecule has 6 nitrogen and oxygen atoms in total. The van der Waals surface area contributed by atoms with Crippen LogP contribution in [0.1, 0.15) is 44.1 Å². The van der Waals surface area contributed by atoms with Gasteiger partial charge in [0.15, 0.2) is 11.4 Å². The second-order valence-corrected chi connectivity index (χ2v) is 7.04. The van der Waals surface area contributed by atoms with Gasteiger partial charge in [-0.2, -0.15) is 0 Å². The average molecular weight is 369 g/mol. The molecule has 0 aromatic heterocycles. The zero-order valence-corrected chi connectivity index (χ0v) is 15.6. The maximum Gasteiger partial charge on any atom is 0.357 e. The maximum absolute atomic E-state index is 12.8. The van der Waals surface area contributed by atoms with E-state index in [0.717, 1.165) is 38.5 Å². The number of hydrogen-bond donors (Lipinski definition) is 1. The Kier molecular flexibility index (Phi) is 6.63. The van der Waals surface area contributed by atoms with Gasteiger partial charge >= 0.3 is 5.97 Å². The molecule has 0 saturated heterocycles. The molecule has 0 unspecified atom stereocenters. The predicted molar refractivity (Wildman–Crippen MR) is 104 cm³/mol. The van der Waals surface area contributed by atoms with E-state index in [0.29, 0.717) is 13.2 Å². The van der Waals surface area contributed by atoms with Crippen molar-refractivity contribution in [1.82, 2.24) is 4.90 Å². The third-order valence-corrected chi connectivity index (χ3v) is 5.14. The Hall–Kier alpha value is -2.63. The van der Waals surface area contributed by atoms with Gasteiger partial charge in [0.25, 0.3) is 5.91 Å². The van der Waals surface area contributed by atoms with E-state index in [4.69, 9.17) is 10.5 Å². The maximum atomic E-state index is 12.8. The number of hydrogen-bond acceptors (Lipinski definition) is 5. The fourth-order valence-electron chi connectivity index (χ4n) is 3.78. The number of primary amides is 1. The van der Waals surface area contributed by atoms with Gasteiger partial charge < -0.3 is 15.4 Å². The molecule has 0 spiro atoms. The lowest BCUT2D eigenvalue weighted by Crippen LogP contribution is -2.43. The lowest BCUT2D eigenvalue weighted by Gasteiger charge is -2.37. The Labute approximate surface area is 160 Å². The summed E-state index contributed by atoms with van der Waals surface area (Å²) < 4.78 is 5.48. The summed E-state index contributed by atoms with van der Waals surface area (Å²) in [6.45, 7) is 0.807. The van der Waals surface area contributed by atoms with E-state index >= 15 is 0 Å². The van der Waals surface area contributed by atoms with Crippen LogP contribution in [0.2, 0.25) is 0 Å². The first-order chi connectivity index (χ1) is 13.2. The van der Waals surface area contributed by atoms with Gasteiger partial charge in [-0.15, -0.1) is 0 Å². The molecule has 0 radical (unpaired) electrons. The lowest BCUT2D eigenvalue weighted by atomic mass is 9.93. The number of rotatable bonds is 7. The summed E-state index contributed by atoms with van der Waals surface area (Å²) in [4.78, 5) is 30.7. The number of ether oxygens (including phenoxy) is 1. The minimum atomic E-state index is -0.692. The van der Waals surface area contributed by atoms with Crippen LogP contribution >= 0.6 is 0 Å². The molecule has 2 N–H and O–H groups in total. The summed E-state index contributed by atoms with van der Waals surface area (Å²) in [5, 5.41) is 0. The number of carbonyl (C=O) groups excluding carboxylic acids is 2.